The molecule has 0 amide bonds. The number of methoxy groups -OCH3 is 2. The predicted octanol–water partition coefficient (Wildman–Crippen LogP) is 1.94. The molecule has 0 aliphatic carbocycles. The van der Waals surface area contributed by atoms with E-state index >= 15 is 0 Å². The molecule has 0 radical (unpaired) electrons. The van der Waals surface area contributed by atoms with Gasteiger partial charge in [-0.2, -0.15) is 0 Å². The highest BCUT2D eigenvalue weighted by Crippen LogP contribution is 2.29. The molecule has 0 spiro atoms. The van der Waals surface area contributed by atoms with Crippen molar-refractivity contribution in [2.75, 3.05) is 46.7 Å². The second-order valence-electron chi connectivity index (χ2n) is 4.61. The molecule has 0 fully saturated rings. The summed E-state index contributed by atoms with van der Waals surface area (Å²) in [7, 11) is 7.34. The van der Waals surface area contributed by atoms with Crippen molar-refractivity contribution in [3.63, 3.8) is 0 Å². The Morgan fingerprint density at radius 3 is 2.50 bits per heavy atom. The molecule has 2 N–H and O–H groups in total. The summed E-state index contributed by atoms with van der Waals surface area (Å²) in [6.07, 6.45) is 1.04. The average Bonchev–Trinajstić information content (AvgIpc) is 2.43. The first kappa shape index (κ1) is 16.5. The largest absolute Gasteiger partial charge is 0.493 e. The van der Waals surface area contributed by atoms with Crippen molar-refractivity contribution in [1.82, 2.24) is 10.2 Å². The van der Waals surface area contributed by atoms with Crippen molar-refractivity contribution in [2.24, 2.45) is 0 Å². The van der Waals surface area contributed by atoms with E-state index in [0.29, 0.717) is 16.6 Å². The van der Waals surface area contributed by atoms with E-state index in [0.717, 1.165) is 25.2 Å². The summed E-state index contributed by atoms with van der Waals surface area (Å²) in [5, 5.41) is 6.91. The minimum Gasteiger partial charge on any atom is -0.493 e. The topological polar surface area (TPSA) is 45.8 Å². The summed E-state index contributed by atoms with van der Waals surface area (Å²) in [6.45, 7) is 1.88. The zero-order valence-corrected chi connectivity index (χ0v) is 13.3. The van der Waals surface area contributed by atoms with Crippen LogP contribution >= 0.6 is 12.2 Å². The van der Waals surface area contributed by atoms with E-state index in [4.69, 9.17) is 21.7 Å². The van der Waals surface area contributed by atoms with E-state index in [-0.39, 0.29) is 0 Å². The van der Waals surface area contributed by atoms with Gasteiger partial charge in [0, 0.05) is 18.3 Å². The molecule has 1 aromatic carbocycles. The summed E-state index contributed by atoms with van der Waals surface area (Å²) >= 11 is 5.25. The molecule has 5 nitrogen and oxygen atoms in total. The van der Waals surface area contributed by atoms with Gasteiger partial charge in [-0.3, -0.25) is 0 Å². The molecule has 1 aromatic rings. The lowest BCUT2D eigenvalue weighted by atomic mass is 10.3. The van der Waals surface area contributed by atoms with Crippen LogP contribution < -0.4 is 20.1 Å². The number of anilines is 1. The molecule has 0 aliphatic rings. The van der Waals surface area contributed by atoms with E-state index in [1.54, 1.807) is 14.2 Å². The van der Waals surface area contributed by atoms with E-state index in [9.17, 15) is 0 Å². The Balaban J connectivity index is 2.45. The van der Waals surface area contributed by atoms with E-state index in [2.05, 4.69) is 29.6 Å². The smallest absolute Gasteiger partial charge is 0.170 e. The molecule has 20 heavy (non-hydrogen) atoms. The number of hydrogen-bond acceptors (Lipinski definition) is 4. The quantitative estimate of drug-likeness (QED) is 0.592. The van der Waals surface area contributed by atoms with Crippen molar-refractivity contribution in [3.8, 4) is 11.5 Å². The average molecular weight is 297 g/mol. The highest BCUT2D eigenvalue weighted by atomic mass is 32.1. The van der Waals surface area contributed by atoms with Crippen LogP contribution in [0.5, 0.6) is 11.5 Å². The number of nitrogens with zero attached hydrogens (tertiary/aromatic N) is 1. The van der Waals surface area contributed by atoms with Crippen LogP contribution in [0.15, 0.2) is 18.2 Å². The van der Waals surface area contributed by atoms with Crippen LogP contribution in [0.25, 0.3) is 0 Å². The highest BCUT2D eigenvalue weighted by molar-refractivity contribution is 7.80. The number of nitrogens with one attached hydrogen (secondary N) is 2. The van der Waals surface area contributed by atoms with Gasteiger partial charge in [0.1, 0.15) is 0 Å². The maximum atomic E-state index is 5.25. The van der Waals surface area contributed by atoms with Crippen LogP contribution in [0, 0.1) is 0 Å². The van der Waals surface area contributed by atoms with Crippen molar-refractivity contribution < 1.29 is 9.47 Å². The van der Waals surface area contributed by atoms with E-state index < -0.39 is 0 Å². The van der Waals surface area contributed by atoms with Gasteiger partial charge in [-0.05, 0) is 51.4 Å². The van der Waals surface area contributed by atoms with Gasteiger partial charge in [0.05, 0.1) is 14.2 Å². The lowest BCUT2D eigenvalue weighted by molar-refractivity contribution is 0.355. The first-order chi connectivity index (χ1) is 9.56. The van der Waals surface area contributed by atoms with Gasteiger partial charge in [0.25, 0.3) is 0 Å². The van der Waals surface area contributed by atoms with Crippen LogP contribution in [-0.4, -0.2) is 51.4 Å². The van der Waals surface area contributed by atoms with Crippen LogP contribution in [0.2, 0.25) is 0 Å². The SMILES string of the molecule is COc1ccc(NC(=S)NCCCN(C)C)cc1OC. The molecule has 112 valence electrons. The monoisotopic (exact) mass is 297 g/mol. The van der Waals surface area contributed by atoms with Crippen LogP contribution in [0.4, 0.5) is 5.69 Å². The van der Waals surface area contributed by atoms with Crippen molar-refractivity contribution >= 4 is 23.0 Å². The molecule has 6 heteroatoms. The maximum Gasteiger partial charge on any atom is 0.170 e. The number of ether oxygens (including phenoxy) is 2. The Hall–Kier alpha value is -1.53. The molecule has 0 heterocycles. The van der Waals surface area contributed by atoms with Crippen molar-refractivity contribution in [3.05, 3.63) is 18.2 Å². The lowest BCUT2D eigenvalue weighted by Crippen LogP contribution is -2.30. The lowest BCUT2D eigenvalue weighted by Gasteiger charge is -2.14. The number of rotatable bonds is 7. The molecule has 0 aliphatic heterocycles. The fourth-order valence-electron chi connectivity index (χ4n) is 1.69. The summed E-state index contributed by atoms with van der Waals surface area (Å²) < 4.78 is 10.4. The number of benzene rings is 1. The number of hydrogen-bond donors (Lipinski definition) is 2. The predicted molar refractivity (Wildman–Crippen MR) is 86.9 cm³/mol. The molecule has 0 atom stereocenters. The summed E-state index contributed by atoms with van der Waals surface area (Å²) in [4.78, 5) is 2.15. The maximum absolute atomic E-state index is 5.25. The van der Waals surface area contributed by atoms with E-state index in [1.807, 2.05) is 18.2 Å². The Bertz CT molecular complexity index is 438. The second kappa shape index (κ2) is 8.60. The van der Waals surface area contributed by atoms with Crippen LogP contribution in [0.1, 0.15) is 6.42 Å². The summed E-state index contributed by atoms with van der Waals surface area (Å²) in [5.41, 5.74) is 0.868. The van der Waals surface area contributed by atoms with Gasteiger partial charge in [-0.25, -0.2) is 0 Å². The zero-order valence-electron chi connectivity index (χ0n) is 12.5. The normalized spacial score (nSPS) is 10.2. The standard InChI is InChI=1S/C14H23N3O2S/c1-17(2)9-5-8-15-14(20)16-11-6-7-12(18-3)13(10-11)19-4/h6-7,10H,5,8-9H2,1-4H3,(H2,15,16,20). The third kappa shape index (κ3) is 5.63. The molecule has 0 unspecified atom stereocenters. The van der Waals surface area contributed by atoms with E-state index in [1.165, 1.54) is 0 Å². The summed E-state index contributed by atoms with van der Waals surface area (Å²) in [6, 6.07) is 5.59. The van der Waals surface area contributed by atoms with Crippen LogP contribution in [0.3, 0.4) is 0 Å². The zero-order chi connectivity index (χ0) is 15.0. The second-order valence-corrected chi connectivity index (χ2v) is 5.02. The minimum absolute atomic E-state index is 0.607. The van der Waals surface area contributed by atoms with Gasteiger partial charge < -0.3 is 25.0 Å². The van der Waals surface area contributed by atoms with Crippen molar-refractivity contribution in [2.45, 2.75) is 6.42 Å². The molecule has 0 saturated heterocycles. The molecular formula is C14H23N3O2S. The Morgan fingerprint density at radius 2 is 1.90 bits per heavy atom. The molecule has 1 rings (SSSR count). The minimum atomic E-state index is 0.607. The first-order valence-corrected chi connectivity index (χ1v) is 6.89. The Labute approximate surface area is 126 Å². The van der Waals surface area contributed by atoms with Gasteiger partial charge in [-0.15, -0.1) is 0 Å². The highest BCUT2D eigenvalue weighted by Gasteiger charge is 2.05. The summed E-state index contributed by atoms with van der Waals surface area (Å²) in [5.74, 6) is 1.37. The molecule has 0 aromatic heterocycles. The fraction of sp³-hybridized carbons (Fsp3) is 0.500. The Kier molecular flexibility index (Phi) is 7.11. The molecule has 0 saturated carbocycles. The van der Waals surface area contributed by atoms with Gasteiger partial charge in [0.2, 0.25) is 0 Å². The van der Waals surface area contributed by atoms with Crippen molar-refractivity contribution in [1.29, 1.82) is 0 Å². The fourth-order valence-corrected chi connectivity index (χ4v) is 1.91. The van der Waals surface area contributed by atoms with Crippen LogP contribution in [-0.2, 0) is 0 Å². The van der Waals surface area contributed by atoms with Gasteiger partial charge in [-0.1, -0.05) is 0 Å². The third-order valence-corrected chi connectivity index (χ3v) is 2.96. The third-order valence-electron chi connectivity index (χ3n) is 2.71. The number of thiocarbonyl (C=S) groups is 1. The van der Waals surface area contributed by atoms with Gasteiger partial charge in [0.15, 0.2) is 16.6 Å². The first-order valence-electron chi connectivity index (χ1n) is 6.48. The van der Waals surface area contributed by atoms with Gasteiger partial charge >= 0.3 is 0 Å². The molecular weight excluding hydrogens is 274 g/mol. The molecule has 0 bridgehead atoms. The Morgan fingerprint density at radius 1 is 1.20 bits per heavy atom.